The Morgan fingerprint density at radius 3 is 2.26 bits per heavy atom. The maximum atomic E-state index is 12.4. The first-order chi connectivity index (χ1) is 11.0. The van der Waals surface area contributed by atoms with E-state index < -0.39 is 6.10 Å². The summed E-state index contributed by atoms with van der Waals surface area (Å²) in [5.41, 5.74) is 0. The van der Waals surface area contributed by atoms with E-state index in [2.05, 4.69) is 0 Å². The molecule has 1 unspecified atom stereocenters. The summed E-state index contributed by atoms with van der Waals surface area (Å²) in [6.45, 7) is 5.74. The van der Waals surface area contributed by atoms with Crippen LogP contribution in [0.5, 0.6) is 5.75 Å². The third-order valence-electron chi connectivity index (χ3n) is 3.59. The molecule has 1 aliphatic rings. The van der Waals surface area contributed by atoms with Crippen molar-refractivity contribution in [3.05, 3.63) is 29.3 Å². The summed E-state index contributed by atoms with van der Waals surface area (Å²) < 4.78 is 10.6. The maximum absolute atomic E-state index is 12.4. The van der Waals surface area contributed by atoms with Gasteiger partial charge in [-0.2, -0.15) is 0 Å². The van der Waals surface area contributed by atoms with E-state index in [0.29, 0.717) is 43.6 Å². The lowest BCUT2D eigenvalue weighted by atomic mass is 10.2. The third kappa shape index (κ3) is 4.76. The van der Waals surface area contributed by atoms with Gasteiger partial charge in [0.1, 0.15) is 5.75 Å². The summed E-state index contributed by atoms with van der Waals surface area (Å²) in [6.07, 6.45) is -0.921. The Labute approximate surface area is 140 Å². The fourth-order valence-corrected chi connectivity index (χ4v) is 2.47. The van der Waals surface area contributed by atoms with Gasteiger partial charge < -0.3 is 19.3 Å². The van der Waals surface area contributed by atoms with Gasteiger partial charge in [-0.1, -0.05) is 11.6 Å². The molecular formula is C16H21ClN2O4. The van der Waals surface area contributed by atoms with Crippen LogP contribution in [0.15, 0.2) is 24.3 Å². The molecule has 1 aromatic carbocycles. The second-order valence-electron chi connectivity index (χ2n) is 5.23. The zero-order valence-electron chi connectivity index (χ0n) is 13.3. The molecule has 126 valence electrons. The second-order valence-corrected chi connectivity index (χ2v) is 5.66. The fraction of sp³-hybridized carbons (Fsp3) is 0.500. The molecular weight excluding hydrogens is 320 g/mol. The predicted molar refractivity (Wildman–Crippen MR) is 86.7 cm³/mol. The first kappa shape index (κ1) is 17.4. The summed E-state index contributed by atoms with van der Waals surface area (Å²) in [6, 6.07) is 6.88. The number of halogens is 1. The number of carbonyl (C=O) groups excluding carboxylic acids is 2. The van der Waals surface area contributed by atoms with E-state index in [0.717, 1.165) is 0 Å². The summed E-state index contributed by atoms with van der Waals surface area (Å²) >= 11 is 5.82. The highest BCUT2D eigenvalue weighted by Crippen LogP contribution is 2.17. The van der Waals surface area contributed by atoms with Crippen LogP contribution in [-0.4, -0.2) is 60.7 Å². The minimum Gasteiger partial charge on any atom is -0.481 e. The second kappa shape index (κ2) is 8.06. The van der Waals surface area contributed by atoms with Crippen LogP contribution in [0.2, 0.25) is 5.02 Å². The van der Waals surface area contributed by atoms with Crippen molar-refractivity contribution < 1.29 is 19.1 Å². The lowest BCUT2D eigenvalue weighted by Gasteiger charge is -2.35. The number of carbonyl (C=O) groups is 2. The van der Waals surface area contributed by atoms with Crippen LogP contribution in [0.1, 0.15) is 13.8 Å². The number of rotatable bonds is 4. The van der Waals surface area contributed by atoms with Crippen LogP contribution in [0.25, 0.3) is 0 Å². The SMILES string of the molecule is CCOC(=O)N1CCN(C(=O)C(C)Oc2ccc(Cl)cc2)CC1. The minimum absolute atomic E-state index is 0.0940. The number of hydrogen-bond donors (Lipinski definition) is 0. The van der Waals surface area contributed by atoms with E-state index in [1.54, 1.807) is 47.9 Å². The highest BCUT2D eigenvalue weighted by atomic mass is 35.5. The van der Waals surface area contributed by atoms with Crippen LogP contribution in [0.3, 0.4) is 0 Å². The Balaban J connectivity index is 1.84. The largest absolute Gasteiger partial charge is 0.481 e. The van der Waals surface area contributed by atoms with Crippen molar-refractivity contribution in [1.29, 1.82) is 0 Å². The highest BCUT2D eigenvalue weighted by molar-refractivity contribution is 6.30. The molecule has 0 radical (unpaired) electrons. The standard InChI is InChI=1S/C16H21ClN2O4/c1-3-22-16(21)19-10-8-18(9-11-19)15(20)12(2)23-14-6-4-13(17)5-7-14/h4-7,12H,3,8-11H2,1-2H3. The van der Waals surface area contributed by atoms with E-state index in [1.807, 2.05) is 0 Å². The van der Waals surface area contributed by atoms with Crippen molar-refractivity contribution in [2.45, 2.75) is 20.0 Å². The monoisotopic (exact) mass is 340 g/mol. The predicted octanol–water partition coefficient (Wildman–Crippen LogP) is 2.41. The first-order valence-corrected chi connectivity index (χ1v) is 8.01. The Kier molecular flexibility index (Phi) is 6.10. The van der Waals surface area contributed by atoms with Crippen LogP contribution >= 0.6 is 11.6 Å². The molecule has 2 rings (SSSR count). The molecule has 0 spiro atoms. The normalized spacial score (nSPS) is 16.0. The Morgan fingerprint density at radius 2 is 1.70 bits per heavy atom. The van der Waals surface area contributed by atoms with E-state index in [9.17, 15) is 9.59 Å². The van der Waals surface area contributed by atoms with E-state index in [1.165, 1.54) is 0 Å². The Morgan fingerprint density at radius 1 is 1.13 bits per heavy atom. The van der Waals surface area contributed by atoms with Gasteiger partial charge in [0.25, 0.3) is 5.91 Å². The third-order valence-corrected chi connectivity index (χ3v) is 3.84. The van der Waals surface area contributed by atoms with Crippen molar-refractivity contribution in [1.82, 2.24) is 9.80 Å². The molecule has 23 heavy (non-hydrogen) atoms. The van der Waals surface area contributed by atoms with Crippen LogP contribution < -0.4 is 4.74 Å². The fourth-order valence-electron chi connectivity index (χ4n) is 2.35. The van der Waals surface area contributed by atoms with Crippen molar-refractivity contribution >= 4 is 23.6 Å². The summed E-state index contributed by atoms with van der Waals surface area (Å²) in [4.78, 5) is 27.4. The van der Waals surface area contributed by atoms with Gasteiger partial charge >= 0.3 is 6.09 Å². The molecule has 1 heterocycles. The minimum atomic E-state index is -0.592. The molecule has 1 saturated heterocycles. The van der Waals surface area contributed by atoms with Gasteiger partial charge in [-0.15, -0.1) is 0 Å². The van der Waals surface area contributed by atoms with Gasteiger partial charge in [0.05, 0.1) is 6.61 Å². The molecule has 1 fully saturated rings. The van der Waals surface area contributed by atoms with Gasteiger partial charge in [0, 0.05) is 31.2 Å². The number of amides is 2. The quantitative estimate of drug-likeness (QED) is 0.844. The topological polar surface area (TPSA) is 59.1 Å². The lowest BCUT2D eigenvalue weighted by Crippen LogP contribution is -2.53. The molecule has 7 heteroatoms. The van der Waals surface area contributed by atoms with Crippen LogP contribution in [-0.2, 0) is 9.53 Å². The Hall–Kier alpha value is -1.95. The number of benzene rings is 1. The van der Waals surface area contributed by atoms with E-state index >= 15 is 0 Å². The van der Waals surface area contributed by atoms with Gasteiger partial charge in [-0.05, 0) is 38.1 Å². The number of piperazine rings is 1. The summed E-state index contributed by atoms with van der Waals surface area (Å²) in [5.74, 6) is 0.504. The van der Waals surface area contributed by atoms with Crippen molar-refractivity contribution in [3.8, 4) is 5.75 Å². The lowest BCUT2D eigenvalue weighted by molar-refractivity contribution is -0.139. The molecule has 0 aromatic heterocycles. The zero-order chi connectivity index (χ0) is 16.8. The van der Waals surface area contributed by atoms with Crippen molar-refractivity contribution in [2.75, 3.05) is 32.8 Å². The van der Waals surface area contributed by atoms with E-state index in [-0.39, 0.29) is 12.0 Å². The van der Waals surface area contributed by atoms with Gasteiger partial charge in [-0.25, -0.2) is 4.79 Å². The molecule has 6 nitrogen and oxygen atoms in total. The van der Waals surface area contributed by atoms with Gasteiger partial charge in [-0.3, -0.25) is 4.79 Å². The molecule has 2 amide bonds. The van der Waals surface area contributed by atoms with E-state index in [4.69, 9.17) is 21.1 Å². The highest BCUT2D eigenvalue weighted by Gasteiger charge is 2.28. The van der Waals surface area contributed by atoms with Crippen LogP contribution in [0, 0.1) is 0 Å². The van der Waals surface area contributed by atoms with Crippen molar-refractivity contribution in [3.63, 3.8) is 0 Å². The molecule has 0 bridgehead atoms. The molecule has 0 saturated carbocycles. The maximum Gasteiger partial charge on any atom is 0.409 e. The molecule has 1 aromatic rings. The smallest absolute Gasteiger partial charge is 0.409 e. The zero-order valence-corrected chi connectivity index (χ0v) is 14.1. The molecule has 0 N–H and O–H groups in total. The number of nitrogens with zero attached hydrogens (tertiary/aromatic N) is 2. The molecule has 1 aliphatic heterocycles. The van der Waals surface area contributed by atoms with Crippen LogP contribution in [0.4, 0.5) is 4.79 Å². The first-order valence-electron chi connectivity index (χ1n) is 7.64. The van der Waals surface area contributed by atoms with Gasteiger partial charge in [0.2, 0.25) is 0 Å². The molecule has 0 aliphatic carbocycles. The average molecular weight is 341 g/mol. The number of ether oxygens (including phenoxy) is 2. The summed E-state index contributed by atoms with van der Waals surface area (Å²) in [7, 11) is 0. The Bertz CT molecular complexity index is 542. The number of hydrogen-bond acceptors (Lipinski definition) is 4. The van der Waals surface area contributed by atoms with Gasteiger partial charge in [0.15, 0.2) is 6.10 Å². The average Bonchev–Trinajstić information content (AvgIpc) is 2.56. The molecule has 1 atom stereocenters. The summed E-state index contributed by atoms with van der Waals surface area (Å²) in [5, 5.41) is 0.617. The van der Waals surface area contributed by atoms with Crippen molar-refractivity contribution in [2.24, 2.45) is 0 Å².